The van der Waals surface area contributed by atoms with Gasteiger partial charge >= 0.3 is 0 Å². The van der Waals surface area contributed by atoms with Crippen LogP contribution >= 0.6 is 0 Å². The molecule has 0 aliphatic rings. The van der Waals surface area contributed by atoms with Crippen molar-refractivity contribution >= 4 is 0 Å². The fourth-order valence-electron chi connectivity index (χ4n) is 0.868. The summed E-state index contributed by atoms with van der Waals surface area (Å²) in [5.41, 5.74) is 1.89. The van der Waals surface area contributed by atoms with Crippen LogP contribution in [0.25, 0.3) is 0 Å². The van der Waals surface area contributed by atoms with Crippen molar-refractivity contribution in [1.82, 2.24) is 0 Å². The van der Waals surface area contributed by atoms with Crippen LogP contribution in [-0.2, 0) is 0 Å². The zero-order valence-corrected chi connectivity index (χ0v) is 6.76. The van der Waals surface area contributed by atoms with Crippen LogP contribution in [0.2, 0.25) is 0 Å². The van der Waals surface area contributed by atoms with Crippen molar-refractivity contribution < 1.29 is 1.37 Å². The Morgan fingerprint density at radius 3 is 2.45 bits per heavy atom. The largest absolute Gasteiger partial charge is 0.198 e. The van der Waals surface area contributed by atoms with Crippen LogP contribution in [0.15, 0.2) is 24.3 Å². The Bertz CT molecular complexity index is 306. The topological polar surface area (TPSA) is 23.8 Å². The summed E-state index contributed by atoms with van der Waals surface area (Å²) in [5.74, 6) is -1.12. The number of benzene rings is 1. The molecule has 0 heterocycles. The van der Waals surface area contributed by atoms with Gasteiger partial charge in [-0.1, -0.05) is 29.8 Å². The zero-order chi connectivity index (χ0) is 9.19. The average Bonchev–Trinajstić information content (AvgIpc) is 2.05. The van der Waals surface area contributed by atoms with Crippen LogP contribution < -0.4 is 0 Å². The van der Waals surface area contributed by atoms with E-state index in [1.807, 2.05) is 37.3 Å². The maximum Gasteiger partial charge on any atom is 0.0700 e. The van der Waals surface area contributed by atoms with Gasteiger partial charge < -0.3 is 0 Å². The van der Waals surface area contributed by atoms with Gasteiger partial charge in [-0.2, -0.15) is 5.26 Å². The monoisotopic (exact) mass is 146 g/mol. The molecule has 56 valence electrons. The normalized spacial score (nSPS) is 16.3. The Kier molecular flexibility index (Phi) is 1.87. The van der Waals surface area contributed by atoms with E-state index in [1.54, 1.807) is 6.92 Å². The molecule has 1 aromatic rings. The standard InChI is InChI=1S/C10H11N/c1-8-3-5-10(6-4-8)9(2)7-11/h3-6,9H,1-2H3/i9D. The quantitative estimate of drug-likeness (QED) is 0.597. The highest BCUT2D eigenvalue weighted by atomic mass is 14.3. The lowest BCUT2D eigenvalue weighted by Gasteiger charge is -2.01. The summed E-state index contributed by atoms with van der Waals surface area (Å²) in [6, 6.07) is 9.43. The molecule has 1 unspecified atom stereocenters. The Labute approximate surface area is 68.7 Å². The molecule has 0 fully saturated rings. The highest BCUT2D eigenvalue weighted by molar-refractivity contribution is 5.27. The van der Waals surface area contributed by atoms with E-state index in [-0.39, 0.29) is 0 Å². The van der Waals surface area contributed by atoms with Crippen LogP contribution in [0.4, 0.5) is 0 Å². The molecule has 11 heavy (non-hydrogen) atoms. The van der Waals surface area contributed by atoms with Crippen molar-refractivity contribution in [3.63, 3.8) is 0 Å². The fourth-order valence-corrected chi connectivity index (χ4v) is 0.868. The average molecular weight is 146 g/mol. The fraction of sp³-hybridized carbons (Fsp3) is 0.300. The van der Waals surface area contributed by atoms with E-state index in [9.17, 15) is 0 Å². The summed E-state index contributed by atoms with van der Waals surface area (Å²) in [4.78, 5) is 0. The first-order valence-electron chi connectivity index (χ1n) is 4.04. The molecule has 1 nitrogen and oxygen atoms in total. The molecule has 0 aliphatic carbocycles. The molecule has 0 saturated heterocycles. The van der Waals surface area contributed by atoms with E-state index < -0.39 is 5.89 Å². The number of nitrogens with zero attached hydrogens (tertiary/aromatic N) is 1. The summed E-state index contributed by atoms with van der Waals surface area (Å²) in [7, 11) is 0. The predicted octanol–water partition coefficient (Wildman–Crippen LogP) is 2.62. The number of hydrogen-bond donors (Lipinski definition) is 0. The maximum absolute atomic E-state index is 8.68. The number of nitriles is 1. The first-order chi connectivity index (χ1) is 5.56. The maximum atomic E-state index is 8.68. The zero-order valence-electron chi connectivity index (χ0n) is 7.76. The first-order valence-corrected chi connectivity index (χ1v) is 3.54. The van der Waals surface area contributed by atoms with E-state index in [0.717, 1.165) is 11.1 Å². The van der Waals surface area contributed by atoms with E-state index in [4.69, 9.17) is 6.63 Å². The number of rotatable bonds is 1. The second kappa shape index (κ2) is 3.21. The van der Waals surface area contributed by atoms with Crippen molar-refractivity contribution in [3.8, 4) is 6.07 Å². The number of aryl methyl sites for hydroxylation is 1. The third-order valence-corrected chi connectivity index (χ3v) is 1.65. The van der Waals surface area contributed by atoms with Gasteiger partial charge in [0.2, 0.25) is 0 Å². The predicted molar refractivity (Wildman–Crippen MR) is 45.2 cm³/mol. The van der Waals surface area contributed by atoms with Gasteiger partial charge in [-0.05, 0) is 19.4 Å². The van der Waals surface area contributed by atoms with E-state index >= 15 is 0 Å². The molecule has 1 aromatic carbocycles. The number of hydrogen-bond acceptors (Lipinski definition) is 1. The summed E-state index contributed by atoms with van der Waals surface area (Å²) >= 11 is 0. The second-order valence-corrected chi connectivity index (χ2v) is 2.60. The van der Waals surface area contributed by atoms with Gasteiger partial charge in [-0.3, -0.25) is 0 Å². The molecule has 0 bridgehead atoms. The van der Waals surface area contributed by atoms with Gasteiger partial charge in [0, 0.05) is 0 Å². The van der Waals surface area contributed by atoms with Crippen molar-refractivity contribution in [2.45, 2.75) is 19.7 Å². The van der Waals surface area contributed by atoms with Crippen molar-refractivity contribution in [1.29, 1.82) is 5.26 Å². The highest BCUT2D eigenvalue weighted by Crippen LogP contribution is 2.13. The van der Waals surface area contributed by atoms with Crippen molar-refractivity contribution in [3.05, 3.63) is 35.4 Å². The Morgan fingerprint density at radius 2 is 2.00 bits per heavy atom. The SMILES string of the molecule is [2H]C(C)(C#N)c1ccc(C)cc1. The first kappa shape index (κ1) is 6.42. The second-order valence-electron chi connectivity index (χ2n) is 2.60. The van der Waals surface area contributed by atoms with Crippen molar-refractivity contribution in [2.24, 2.45) is 0 Å². The molecular formula is C10H11N. The minimum absolute atomic E-state index is 0.746. The molecule has 0 N–H and O–H groups in total. The van der Waals surface area contributed by atoms with E-state index in [1.165, 1.54) is 0 Å². The summed E-state index contributed by atoms with van der Waals surface area (Å²) < 4.78 is 7.63. The van der Waals surface area contributed by atoms with Gasteiger partial charge in [-0.15, -0.1) is 0 Å². The molecule has 0 spiro atoms. The summed E-state index contributed by atoms with van der Waals surface area (Å²) in [6.07, 6.45) is 0. The van der Waals surface area contributed by atoms with Gasteiger partial charge in [0.05, 0.1) is 13.3 Å². The lowest BCUT2D eigenvalue weighted by Crippen LogP contribution is -1.88. The molecule has 0 aromatic heterocycles. The van der Waals surface area contributed by atoms with Crippen LogP contribution in [0.1, 0.15) is 25.3 Å². The minimum atomic E-state index is -1.12. The minimum Gasteiger partial charge on any atom is -0.198 e. The summed E-state index contributed by atoms with van der Waals surface area (Å²) in [6.45, 7) is 3.58. The Morgan fingerprint density at radius 1 is 1.45 bits per heavy atom. The molecule has 0 aliphatic heterocycles. The smallest absolute Gasteiger partial charge is 0.0700 e. The van der Waals surface area contributed by atoms with Crippen molar-refractivity contribution in [2.75, 3.05) is 0 Å². The molecule has 0 saturated carbocycles. The Hall–Kier alpha value is -1.29. The van der Waals surface area contributed by atoms with Gasteiger partial charge in [0.1, 0.15) is 0 Å². The highest BCUT2D eigenvalue weighted by Gasteiger charge is 2.00. The Balaban J connectivity index is 3.07. The van der Waals surface area contributed by atoms with Gasteiger partial charge in [0.25, 0.3) is 0 Å². The molecule has 0 amide bonds. The van der Waals surface area contributed by atoms with Crippen LogP contribution in [0, 0.1) is 18.3 Å². The van der Waals surface area contributed by atoms with Crippen LogP contribution in [0.5, 0.6) is 0 Å². The third-order valence-electron chi connectivity index (χ3n) is 1.65. The summed E-state index contributed by atoms with van der Waals surface area (Å²) in [5, 5.41) is 8.68. The molecule has 0 radical (unpaired) electrons. The molecule has 1 atom stereocenters. The van der Waals surface area contributed by atoms with Gasteiger partial charge in [-0.25, -0.2) is 0 Å². The van der Waals surface area contributed by atoms with Crippen LogP contribution in [-0.4, -0.2) is 0 Å². The third kappa shape index (κ3) is 1.81. The molecule has 1 heteroatoms. The van der Waals surface area contributed by atoms with E-state index in [0.29, 0.717) is 0 Å². The van der Waals surface area contributed by atoms with E-state index in [2.05, 4.69) is 0 Å². The molecular weight excluding hydrogens is 134 g/mol. The van der Waals surface area contributed by atoms with Gasteiger partial charge in [0.15, 0.2) is 0 Å². The molecule has 1 rings (SSSR count). The lowest BCUT2D eigenvalue weighted by atomic mass is 10.0. The van der Waals surface area contributed by atoms with Crippen LogP contribution in [0.3, 0.4) is 0 Å². The lowest BCUT2D eigenvalue weighted by molar-refractivity contribution is 0.980.